The molecule has 0 radical (unpaired) electrons. The van der Waals surface area contributed by atoms with E-state index in [-0.39, 0.29) is 6.10 Å². The van der Waals surface area contributed by atoms with Crippen LogP contribution in [-0.2, 0) is 0 Å². The molecule has 2 nitrogen and oxygen atoms in total. The Morgan fingerprint density at radius 1 is 1.69 bits per heavy atom. The van der Waals surface area contributed by atoms with Gasteiger partial charge in [-0.25, -0.2) is 0 Å². The Labute approximate surface area is 82.9 Å². The minimum atomic E-state index is -0.322. The van der Waals surface area contributed by atoms with Crippen molar-refractivity contribution in [1.82, 2.24) is 5.32 Å². The lowest BCUT2D eigenvalue weighted by Crippen LogP contribution is -2.16. The van der Waals surface area contributed by atoms with Crippen molar-refractivity contribution in [2.24, 2.45) is 0 Å². The maximum absolute atomic E-state index is 9.65. The Balaban J connectivity index is 2.18. The van der Waals surface area contributed by atoms with Crippen molar-refractivity contribution in [3.8, 4) is 0 Å². The molecule has 0 aliphatic carbocycles. The van der Waals surface area contributed by atoms with Gasteiger partial charge in [0.1, 0.15) is 0 Å². The van der Waals surface area contributed by atoms with Crippen LogP contribution >= 0.6 is 11.3 Å². The number of hydrogen-bond donors (Lipinski definition) is 2. The van der Waals surface area contributed by atoms with Gasteiger partial charge in [0, 0.05) is 11.4 Å². The molecule has 1 atom stereocenters. The summed E-state index contributed by atoms with van der Waals surface area (Å²) in [4.78, 5) is 1.04. The average molecular weight is 197 g/mol. The third-order valence-corrected chi connectivity index (χ3v) is 2.73. The molecule has 1 rings (SSSR count). The zero-order valence-electron chi connectivity index (χ0n) is 7.57. The standard InChI is InChI=1S/C10H15NOS/c1-2-6-11-7-5-9(12)10-4-3-8-13-10/h2-4,8-9,11-12H,1,5-7H2. The van der Waals surface area contributed by atoms with Gasteiger partial charge >= 0.3 is 0 Å². The van der Waals surface area contributed by atoms with Crippen molar-refractivity contribution >= 4 is 11.3 Å². The molecule has 0 aliphatic rings. The molecule has 3 heteroatoms. The van der Waals surface area contributed by atoms with Crippen LogP contribution in [0.3, 0.4) is 0 Å². The molecule has 1 heterocycles. The number of aliphatic hydroxyl groups excluding tert-OH is 1. The van der Waals surface area contributed by atoms with Crippen molar-refractivity contribution in [1.29, 1.82) is 0 Å². The van der Waals surface area contributed by atoms with Crippen LogP contribution in [0.1, 0.15) is 17.4 Å². The van der Waals surface area contributed by atoms with E-state index in [1.165, 1.54) is 0 Å². The molecule has 2 N–H and O–H groups in total. The van der Waals surface area contributed by atoms with Gasteiger partial charge < -0.3 is 10.4 Å². The molecule has 0 fully saturated rings. The van der Waals surface area contributed by atoms with E-state index in [1.807, 2.05) is 23.6 Å². The SMILES string of the molecule is C=CCNCCC(O)c1cccs1. The van der Waals surface area contributed by atoms with Crippen LogP contribution < -0.4 is 5.32 Å². The first-order valence-electron chi connectivity index (χ1n) is 4.37. The molecular weight excluding hydrogens is 182 g/mol. The van der Waals surface area contributed by atoms with E-state index >= 15 is 0 Å². The van der Waals surface area contributed by atoms with E-state index < -0.39 is 0 Å². The molecule has 1 unspecified atom stereocenters. The summed E-state index contributed by atoms with van der Waals surface area (Å²) in [6, 6.07) is 3.92. The lowest BCUT2D eigenvalue weighted by Gasteiger charge is -2.07. The first-order valence-corrected chi connectivity index (χ1v) is 5.25. The van der Waals surface area contributed by atoms with Gasteiger partial charge in [-0.15, -0.1) is 17.9 Å². The Morgan fingerprint density at radius 2 is 2.54 bits per heavy atom. The third-order valence-electron chi connectivity index (χ3n) is 1.75. The fourth-order valence-corrected chi connectivity index (χ4v) is 1.81. The van der Waals surface area contributed by atoms with E-state index in [1.54, 1.807) is 11.3 Å². The van der Waals surface area contributed by atoms with E-state index in [2.05, 4.69) is 11.9 Å². The quantitative estimate of drug-likeness (QED) is 0.539. The fraction of sp³-hybridized carbons (Fsp3) is 0.400. The topological polar surface area (TPSA) is 32.3 Å². The van der Waals surface area contributed by atoms with Crippen molar-refractivity contribution < 1.29 is 5.11 Å². The van der Waals surface area contributed by atoms with Crippen LogP contribution in [0.5, 0.6) is 0 Å². The van der Waals surface area contributed by atoms with E-state index in [4.69, 9.17) is 0 Å². The van der Waals surface area contributed by atoms with E-state index in [0.717, 1.165) is 24.4 Å². The van der Waals surface area contributed by atoms with Crippen molar-refractivity contribution in [3.05, 3.63) is 35.0 Å². The molecule has 0 saturated heterocycles. The minimum Gasteiger partial charge on any atom is -0.388 e. The van der Waals surface area contributed by atoms with Gasteiger partial charge in [0.25, 0.3) is 0 Å². The number of aliphatic hydroxyl groups is 1. The van der Waals surface area contributed by atoms with Crippen molar-refractivity contribution in [2.75, 3.05) is 13.1 Å². The second kappa shape index (κ2) is 5.91. The highest BCUT2D eigenvalue weighted by Gasteiger charge is 2.06. The summed E-state index contributed by atoms with van der Waals surface area (Å²) in [7, 11) is 0. The predicted octanol–water partition coefficient (Wildman–Crippen LogP) is 1.95. The fourth-order valence-electron chi connectivity index (χ4n) is 1.07. The average Bonchev–Trinajstić information content (AvgIpc) is 2.65. The smallest absolute Gasteiger partial charge is 0.0894 e. The summed E-state index contributed by atoms with van der Waals surface area (Å²) < 4.78 is 0. The van der Waals surface area contributed by atoms with Gasteiger partial charge in [0.15, 0.2) is 0 Å². The van der Waals surface area contributed by atoms with Gasteiger partial charge in [0.2, 0.25) is 0 Å². The molecule has 0 aliphatic heterocycles. The zero-order valence-corrected chi connectivity index (χ0v) is 8.39. The highest BCUT2D eigenvalue weighted by Crippen LogP contribution is 2.20. The summed E-state index contributed by atoms with van der Waals surface area (Å²) in [5, 5.41) is 14.8. The van der Waals surface area contributed by atoms with Crippen molar-refractivity contribution in [3.63, 3.8) is 0 Å². The molecule has 1 aromatic heterocycles. The van der Waals surface area contributed by atoms with Gasteiger partial charge in [-0.2, -0.15) is 0 Å². The second-order valence-electron chi connectivity index (χ2n) is 2.81. The molecule has 1 aromatic rings. The first-order chi connectivity index (χ1) is 6.34. The maximum Gasteiger partial charge on any atom is 0.0894 e. The number of thiophene rings is 1. The molecule has 72 valence electrons. The van der Waals surface area contributed by atoms with Crippen molar-refractivity contribution in [2.45, 2.75) is 12.5 Å². The highest BCUT2D eigenvalue weighted by molar-refractivity contribution is 7.10. The summed E-state index contributed by atoms with van der Waals surface area (Å²) in [6.07, 6.45) is 2.25. The second-order valence-corrected chi connectivity index (χ2v) is 3.79. The highest BCUT2D eigenvalue weighted by atomic mass is 32.1. The zero-order chi connectivity index (χ0) is 9.52. The lowest BCUT2D eigenvalue weighted by molar-refractivity contribution is 0.171. The molecule has 13 heavy (non-hydrogen) atoms. The monoisotopic (exact) mass is 197 g/mol. The summed E-state index contributed by atoms with van der Waals surface area (Å²) >= 11 is 1.60. The first kappa shape index (κ1) is 10.4. The van der Waals surface area contributed by atoms with Gasteiger partial charge in [-0.05, 0) is 24.4 Å². The van der Waals surface area contributed by atoms with Gasteiger partial charge in [-0.1, -0.05) is 12.1 Å². The van der Waals surface area contributed by atoms with Gasteiger partial charge in [-0.3, -0.25) is 0 Å². The van der Waals surface area contributed by atoms with Gasteiger partial charge in [0.05, 0.1) is 6.10 Å². The third kappa shape index (κ3) is 3.72. The number of nitrogens with one attached hydrogen (secondary N) is 1. The normalized spacial score (nSPS) is 12.7. The predicted molar refractivity (Wildman–Crippen MR) is 57.0 cm³/mol. The number of rotatable bonds is 6. The Bertz CT molecular complexity index is 233. The summed E-state index contributed by atoms with van der Waals surface area (Å²) in [5.74, 6) is 0. The molecule has 0 bridgehead atoms. The molecule has 0 saturated carbocycles. The van der Waals surface area contributed by atoms with Crippen LogP contribution in [0.2, 0.25) is 0 Å². The Kier molecular flexibility index (Phi) is 4.75. The number of hydrogen-bond acceptors (Lipinski definition) is 3. The molecular formula is C10H15NOS. The Morgan fingerprint density at radius 3 is 3.15 bits per heavy atom. The van der Waals surface area contributed by atoms with E-state index in [0.29, 0.717) is 0 Å². The van der Waals surface area contributed by atoms with Crippen LogP contribution in [0.25, 0.3) is 0 Å². The summed E-state index contributed by atoms with van der Waals surface area (Å²) in [5.41, 5.74) is 0. The lowest BCUT2D eigenvalue weighted by atomic mass is 10.2. The van der Waals surface area contributed by atoms with Crippen LogP contribution in [0.15, 0.2) is 30.2 Å². The molecule has 0 aromatic carbocycles. The van der Waals surface area contributed by atoms with E-state index in [9.17, 15) is 5.11 Å². The van der Waals surface area contributed by atoms with Crippen LogP contribution in [0, 0.1) is 0 Å². The summed E-state index contributed by atoms with van der Waals surface area (Å²) in [6.45, 7) is 5.23. The molecule has 0 amide bonds. The molecule has 0 spiro atoms. The largest absolute Gasteiger partial charge is 0.388 e. The van der Waals surface area contributed by atoms with Crippen LogP contribution in [0.4, 0.5) is 0 Å². The minimum absolute atomic E-state index is 0.322. The van der Waals surface area contributed by atoms with Crippen LogP contribution in [-0.4, -0.2) is 18.2 Å². The maximum atomic E-state index is 9.65. The Hall–Kier alpha value is -0.640.